The van der Waals surface area contributed by atoms with Gasteiger partial charge in [-0.3, -0.25) is 0 Å². The third kappa shape index (κ3) is 6.27. The van der Waals surface area contributed by atoms with Crippen LogP contribution in [0.3, 0.4) is 0 Å². The molecule has 0 unspecified atom stereocenters. The number of halogens is 2. The Morgan fingerprint density at radius 1 is 1.30 bits per heavy atom. The molecule has 1 fully saturated rings. The molecule has 1 heterocycles. The van der Waals surface area contributed by atoms with Gasteiger partial charge in [0.05, 0.1) is 19.6 Å². The van der Waals surface area contributed by atoms with E-state index in [1.54, 1.807) is 17.0 Å². The van der Waals surface area contributed by atoms with E-state index in [1.807, 2.05) is 0 Å². The van der Waals surface area contributed by atoms with Crippen molar-refractivity contribution in [1.82, 2.24) is 5.32 Å². The second-order valence-corrected chi connectivity index (χ2v) is 6.18. The summed E-state index contributed by atoms with van der Waals surface area (Å²) in [5.41, 5.74) is 0.748. The summed E-state index contributed by atoms with van der Waals surface area (Å²) >= 11 is 5.32. The molecule has 0 aromatic heterocycles. The number of rotatable bonds is 6. The maximum absolute atomic E-state index is 12.1. The van der Waals surface area contributed by atoms with Gasteiger partial charge in [0.15, 0.2) is 5.11 Å². The highest BCUT2D eigenvalue weighted by atomic mass is 32.1. The molecule has 1 aromatic carbocycles. The minimum Gasteiger partial charge on any atom is -0.435 e. The number of nitrogens with one attached hydrogen (secondary N) is 3. The number of quaternary nitrogens is 1. The van der Waals surface area contributed by atoms with Crippen molar-refractivity contribution in [1.29, 1.82) is 0 Å². The molecule has 0 radical (unpaired) electrons. The molecule has 0 spiro atoms. The molecule has 4 nitrogen and oxygen atoms in total. The number of ether oxygens (including phenoxy) is 1. The van der Waals surface area contributed by atoms with Crippen molar-refractivity contribution in [2.45, 2.75) is 38.8 Å². The van der Waals surface area contributed by atoms with E-state index in [-0.39, 0.29) is 5.75 Å². The number of alkyl halides is 2. The van der Waals surface area contributed by atoms with Crippen LogP contribution >= 0.6 is 12.2 Å². The molecule has 0 aliphatic carbocycles. The minimum absolute atomic E-state index is 0.135. The highest BCUT2D eigenvalue weighted by Gasteiger charge is 2.21. The van der Waals surface area contributed by atoms with E-state index in [2.05, 4.69) is 22.3 Å². The molecule has 0 bridgehead atoms. The zero-order valence-corrected chi connectivity index (χ0v) is 14.1. The zero-order valence-electron chi connectivity index (χ0n) is 13.3. The van der Waals surface area contributed by atoms with Gasteiger partial charge in [-0.15, -0.1) is 0 Å². The van der Waals surface area contributed by atoms with Crippen LogP contribution in [0.25, 0.3) is 0 Å². The summed E-state index contributed by atoms with van der Waals surface area (Å²) < 4.78 is 28.5. The van der Waals surface area contributed by atoms with Crippen LogP contribution < -0.4 is 20.3 Å². The molecule has 2 rings (SSSR count). The van der Waals surface area contributed by atoms with Crippen molar-refractivity contribution < 1.29 is 18.4 Å². The molecular weight excluding hydrogens is 320 g/mol. The summed E-state index contributed by atoms with van der Waals surface area (Å²) in [6.45, 7) is 3.00. The second-order valence-electron chi connectivity index (χ2n) is 5.78. The summed E-state index contributed by atoms with van der Waals surface area (Å²) in [6.07, 6.45) is 3.44. The van der Waals surface area contributed by atoms with Crippen LogP contribution in [0.4, 0.5) is 14.5 Å². The number of hydrogen-bond acceptors (Lipinski definition) is 2. The van der Waals surface area contributed by atoms with Crippen LogP contribution in [0.2, 0.25) is 0 Å². The summed E-state index contributed by atoms with van der Waals surface area (Å²) in [7, 11) is 0. The van der Waals surface area contributed by atoms with Gasteiger partial charge in [0.25, 0.3) is 0 Å². The normalized spacial score (nSPS) is 21.0. The first-order valence-electron chi connectivity index (χ1n) is 8.02. The molecule has 23 heavy (non-hydrogen) atoms. The predicted molar refractivity (Wildman–Crippen MR) is 91.3 cm³/mol. The molecule has 0 atom stereocenters. The Kier molecular flexibility index (Phi) is 6.98. The quantitative estimate of drug-likeness (QED) is 0.691. The van der Waals surface area contributed by atoms with Gasteiger partial charge in [0.1, 0.15) is 5.75 Å². The Morgan fingerprint density at radius 3 is 2.52 bits per heavy atom. The summed E-state index contributed by atoms with van der Waals surface area (Å²) in [5, 5.41) is 6.98. The van der Waals surface area contributed by atoms with Crippen molar-refractivity contribution >= 4 is 23.0 Å². The molecule has 128 valence electrons. The van der Waals surface area contributed by atoms with Gasteiger partial charge in [-0.1, -0.05) is 6.92 Å². The maximum Gasteiger partial charge on any atom is 0.387 e. The van der Waals surface area contributed by atoms with Gasteiger partial charge >= 0.3 is 6.61 Å². The van der Waals surface area contributed by atoms with E-state index >= 15 is 0 Å². The van der Waals surface area contributed by atoms with E-state index in [1.165, 1.54) is 38.2 Å². The first kappa shape index (κ1) is 17.9. The number of anilines is 1. The summed E-state index contributed by atoms with van der Waals surface area (Å²) in [6, 6.07) is 6.71. The first-order valence-corrected chi connectivity index (χ1v) is 8.43. The zero-order chi connectivity index (χ0) is 16.7. The predicted octanol–water partition coefficient (Wildman–Crippen LogP) is 2.03. The first-order chi connectivity index (χ1) is 11.1. The average Bonchev–Trinajstić information content (AvgIpc) is 2.51. The Labute approximate surface area is 141 Å². The topological polar surface area (TPSA) is 37.7 Å². The van der Waals surface area contributed by atoms with Crippen molar-refractivity contribution in [3.05, 3.63) is 24.3 Å². The van der Waals surface area contributed by atoms with Gasteiger partial charge in [0, 0.05) is 24.6 Å². The lowest BCUT2D eigenvalue weighted by Gasteiger charge is -2.30. The Bertz CT molecular complexity index is 491. The van der Waals surface area contributed by atoms with Crippen LogP contribution in [0.15, 0.2) is 24.3 Å². The van der Waals surface area contributed by atoms with E-state index in [9.17, 15) is 8.78 Å². The molecule has 0 amide bonds. The molecular formula is C16H24F2N3OS+. The molecule has 1 aliphatic heterocycles. The number of likely N-dealkylation sites (tertiary alicyclic amines) is 1. The van der Waals surface area contributed by atoms with Gasteiger partial charge in [0.2, 0.25) is 0 Å². The summed E-state index contributed by atoms with van der Waals surface area (Å²) in [5.74, 6) is 0.135. The molecule has 0 saturated carbocycles. The fourth-order valence-corrected chi connectivity index (χ4v) is 3.13. The fourth-order valence-electron chi connectivity index (χ4n) is 2.85. The standard InChI is InChI=1S/C16H23F2N3OS/c1-2-9-21-10-7-13(8-11-21)20-16(23)19-12-3-5-14(6-4-12)22-15(17)18/h3-6,13,15H,2,7-11H2,1H3,(H2,19,20,23)/p+1. The maximum atomic E-state index is 12.1. The number of thiocarbonyl (C=S) groups is 1. The van der Waals surface area contributed by atoms with Crippen LogP contribution in [-0.4, -0.2) is 37.4 Å². The molecule has 7 heteroatoms. The number of benzene rings is 1. The SMILES string of the molecule is CCC[NH+]1CCC(NC(=S)Nc2ccc(OC(F)F)cc2)CC1. The third-order valence-corrected chi connectivity index (χ3v) is 4.19. The molecule has 3 N–H and O–H groups in total. The van der Waals surface area contributed by atoms with Crippen LogP contribution in [-0.2, 0) is 0 Å². The van der Waals surface area contributed by atoms with Crippen LogP contribution in [0, 0.1) is 0 Å². The third-order valence-electron chi connectivity index (χ3n) is 3.97. The fraction of sp³-hybridized carbons (Fsp3) is 0.562. The van der Waals surface area contributed by atoms with Gasteiger partial charge in [-0.25, -0.2) is 0 Å². The lowest BCUT2D eigenvalue weighted by molar-refractivity contribution is -0.905. The van der Waals surface area contributed by atoms with E-state index in [0.29, 0.717) is 11.2 Å². The molecule has 1 saturated heterocycles. The monoisotopic (exact) mass is 344 g/mol. The van der Waals surface area contributed by atoms with Crippen LogP contribution in [0.1, 0.15) is 26.2 Å². The number of hydrogen-bond donors (Lipinski definition) is 3. The van der Waals surface area contributed by atoms with E-state index < -0.39 is 6.61 Å². The van der Waals surface area contributed by atoms with Gasteiger partial charge in [-0.2, -0.15) is 8.78 Å². The number of piperidine rings is 1. The summed E-state index contributed by atoms with van der Waals surface area (Å²) in [4.78, 5) is 1.67. The molecule has 1 aromatic rings. The van der Waals surface area contributed by atoms with Crippen molar-refractivity contribution in [3.63, 3.8) is 0 Å². The molecule has 1 aliphatic rings. The van der Waals surface area contributed by atoms with Gasteiger partial charge in [-0.05, 0) is 42.9 Å². The average molecular weight is 344 g/mol. The second kappa shape index (κ2) is 8.98. The lowest BCUT2D eigenvalue weighted by atomic mass is 10.1. The van der Waals surface area contributed by atoms with E-state index in [4.69, 9.17) is 12.2 Å². The Balaban J connectivity index is 1.74. The van der Waals surface area contributed by atoms with Crippen molar-refractivity contribution in [2.75, 3.05) is 25.0 Å². The van der Waals surface area contributed by atoms with Crippen molar-refractivity contribution in [2.24, 2.45) is 0 Å². The van der Waals surface area contributed by atoms with Crippen molar-refractivity contribution in [3.8, 4) is 5.75 Å². The lowest BCUT2D eigenvalue weighted by Crippen LogP contribution is -3.13. The Hall–Kier alpha value is -1.47. The largest absolute Gasteiger partial charge is 0.435 e. The van der Waals surface area contributed by atoms with Crippen LogP contribution in [0.5, 0.6) is 5.75 Å². The minimum atomic E-state index is -2.81. The highest BCUT2D eigenvalue weighted by molar-refractivity contribution is 7.80. The Morgan fingerprint density at radius 2 is 1.96 bits per heavy atom. The van der Waals surface area contributed by atoms with E-state index in [0.717, 1.165) is 18.5 Å². The smallest absolute Gasteiger partial charge is 0.387 e. The highest BCUT2D eigenvalue weighted by Crippen LogP contribution is 2.17. The van der Waals surface area contributed by atoms with Gasteiger partial charge < -0.3 is 20.3 Å².